The first-order chi connectivity index (χ1) is 13.4. The highest BCUT2D eigenvalue weighted by Gasteiger charge is 2.41. The van der Waals surface area contributed by atoms with E-state index in [2.05, 4.69) is 15.1 Å². The summed E-state index contributed by atoms with van der Waals surface area (Å²) in [7, 11) is 0. The van der Waals surface area contributed by atoms with Crippen LogP contribution in [0.2, 0.25) is 0 Å². The minimum absolute atomic E-state index is 0.0117. The van der Waals surface area contributed by atoms with Crippen molar-refractivity contribution in [1.82, 2.24) is 15.1 Å². The molecule has 8 nitrogen and oxygen atoms in total. The van der Waals surface area contributed by atoms with Crippen LogP contribution >= 0.6 is 0 Å². The number of nitrogens with one attached hydrogen (secondary N) is 1. The summed E-state index contributed by atoms with van der Waals surface area (Å²) in [6.07, 6.45) is 2.31. The van der Waals surface area contributed by atoms with Crippen LogP contribution in [-0.2, 0) is 11.2 Å². The number of hydrogen-bond donors (Lipinski definition) is 3. The number of nitrogens with two attached hydrogens (primary N) is 1. The number of carbonyl (C=O) groups excluding carboxylic acids is 2. The van der Waals surface area contributed by atoms with Gasteiger partial charge in [-0.3, -0.25) is 14.7 Å². The molecule has 0 spiro atoms. The number of β-amino-alcohol motifs (C(OH)–C–C–N with tert-alkyl or cyclic N) is 1. The highest BCUT2D eigenvalue weighted by atomic mass is 16.3. The summed E-state index contributed by atoms with van der Waals surface area (Å²) in [4.78, 5) is 29.0. The zero-order chi connectivity index (χ0) is 20.0. The largest absolute Gasteiger partial charge is 0.391 e. The molecule has 8 heteroatoms. The summed E-state index contributed by atoms with van der Waals surface area (Å²) in [5.41, 5.74) is 9.41. The van der Waals surface area contributed by atoms with Gasteiger partial charge in [-0.05, 0) is 44.0 Å². The molecule has 2 atom stereocenters. The van der Waals surface area contributed by atoms with Crippen LogP contribution in [-0.4, -0.2) is 63.3 Å². The Morgan fingerprint density at radius 2 is 2.14 bits per heavy atom. The lowest BCUT2D eigenvalue weighted by atomic mass is 9.99. The quantitative estimate of drug-likeness (QED) is 0.726. The molecule has 148 valence electrons. The molecule has 2 amide bonds. The van der Waals surface area contributed by atoms with Crippen LogP contribution in [0.4, 0.5) is 5.69 Å². The van der Waals surface area contributed by atoms with Crippen LogP contribution in [0.5, 0.6) is 0 Å². The third-order valence-electron chi connectivity index (χ3n) is 5.59. The Bertz CT molecular complexity index is 909. The Kier molecular flexibility index (Phi) is 4.58. The van der Waals surface area contributed by atoms with Gasteiger partial charge < -0.3 is 20.6 Å². The molecule has 0 aliphatic carbocycles. The number of aliphatic hydroxyl groups is 1. The molecule has 4 N–H and O–H groups in total. The molecule has 1 unspecified atom stereocenters. The van der Waals surface area contributed by atoms with Crippen molar-refractivity contribution in [2.45, 2.75) is 44.9 Å². The highest BCUT2D eigenvalue weighted by Crippen LogP contribution is 2.42. The number of H-pyrrole nitrogens is 1. The number of hydrogen-bond acceptors (Lipinski definition) is 5. The van der Waals surface area contributed by atoms with Gasteiger partial charge >= 0.3 is 0 Å². The summed E-state index contributed by atoms with van der Waals surface area (Å²) in [6, 6.07) is 5.09. The van der Waals surface area contributed by atoms with Gasteiger partial charge in [-0.25, -0.2) is 0 Å². The maximum atomic E-state index is 13.3. The number of aromatic nitrogens is 2. The molecule has 1 saturated heterocycles. The number of nitrogens with zero attached hydrogens (tertiary/aromatic N) is 3. The standard InChI is InChI=1S/C20H25N5O3/c1-11(2)25-17(20(28)24-6-4-14(26)10-24)9-12-7-13(19(21)27)8-15(18(12)25)16-3-5-22-23-16/h3,5,7-8,11,14,17,26H,4,6,9-10H2,1-2H3,(H2,21,27)(H,22,23)/t14-,17?/m1/s1. The number of primary amides is 1. The first-order valence-electron chi connectivity index (χ1n) is 9.58. The van der Waals surface area contributed by atoms with E-state index in [-0.39, 0.29) is 18.0 Å². The second kappa shape index (κ2) is 6.94. The molecule has 2 aliphatic rings. The number of likely N-dealkylation sites (tertiary alicyclic amines) is 1. The van der Waals surface area contributed by atoms with E-state index < -0.39 is 12.0 Å². The van der Waals surface area contributed by atoms with Gasteiger partial charge in [0.1, 0.15) is 6.04 Å². The Balaban J connectivity index is 1.80. The Morgan fingerprint density at radius 1 is 1.36 bits per heavy atom. The van der Waals surface area contributed by atoms with E-state index in [1.165, 1.54) is 0 Å². The first-order valence-corrected chi connectivity index (χ1v) is 9.58. The predicted molar refractivity (Wildman–Crippen MR) is 105 cm³/mol. The van der Waals surface area contributed by atoms with Crippen molar-refractivity contribution in [3.8, 4) is 11.3 Å². The van der Waals surface area contributed by atoms with E-state index in [0.717, 1.165) is 22.5 Å². The van der Waals surface area contributed by atoms with E-state index in [4.69, 9.17) is 5.73 Å². The summed E-state index contributed by atoms with van der Waals surface area (Å²) >= 11 is 0. The number of aromatic amines is 1. The maximum absolute atomic E-state index is 13.3. The van der Waals surface area contributed by atoms with Gasteiger partial charge in [0.05, 0.1) is 17.5 Å². The minimum atomic E-state index is -0.503. The lowest BCUT2D eigenvalue weighted by Gasteiger charge is -2.34. The molecule has 1 aromatic carbocycles. The fourth-order valence-electron chi connectivity index (χ4n) is 4.35. The average molecular weight is 383 g/mol. The Hall–Kier alpha value is -2.87. The van der Waals surface area contributed by atoms with Crippen LogP contribution in [0.3, 0.4) is 0 Å². The molecule has 0 radical (unpaired) electrons. The number of benzene rings is 1. The van der Waals surface area contributed by atoms with E-state index in [9.17, 15) is 14.7 Å². The highest BCUT2D eigenvalue weighted by molar-refractivity contribution is 5.99. The number of aliphatic hydroxyl groups excluding tert-OH is 1. The maximum Gasteiger partial charge on any atom is 0.248 e. The molecular weight excluding hydrogens is 358 g/mol. The number of fused-ring (bicyclic) bond motifs is 1. The second-order valence-electron chi connectivity index (χ2n) is 7.81. The lowest BCUT2D eigenvalue weighted by Crippen LogP contribution is -2.49. The topological polar surface area (TPSA) is 116 Å². The van der Waals surface area contributed by atoms with Crippen molar-refractivity contribution in [3.05, 3.63) is 35.5 Å². The van der Waals surface area contributed by atoms with Gasteiger partial charge in [0.2, 0.25) is 11.8 Å². The van der Waals surface area contributed by atoms with Crippen molar-refractivity contribution < 1.29 is 14.7 Å². The smallest absolute Gasteiger partial charge is 0.248 e. The van der Waals surface area contributed by atoms with Gasteiger partial charge in [0, 0.05) is 42.9 Å². The summed E-state index contributed by atoms with van der Waals surface area (Å²) < 4.78 is 0. The van der Waals surface area contributed by atoms with Crippen molar-refractivity contribution >= 4 is 17.5 Å². The second-order valence-corrected chi connectivity index (χ2v) is 7.81. The third kappa shape index (κ3) is 3.03. The Morgan fingerprint density at radius 3 is 2.71 bits per heavy atom. The third-order valence-corrected chi connectivity index (χ3v) is 5.59. The van der Waals surface area contributed by atoms with E-state index in [1.807, 2.05) is 19.9 Å². The molecule has 3 heterocycles. The average Bonchev–Trinajstić information content (AvgIpc) is 3.38. The summed E-state index contributed by atoms with van der Waals surface area (Å²) in [6.45, 7) is 5.04. The number of carbonyl (C=O) groups is 2. The van der Waals surface area contributed by atoms with Crippen molar-refractivity contribution in [1.29, 1.82) is 0 Å². The van der Waals surface area contributed by atoms with Crippen LogP contribution in [0.25, 0.3) is 11.3 Å². The predicted octanol–water partition coefficient (Wildman–Crippen LogP) is 0.908. The van der Waals surface area contributed by atoms with Crippen molar-refractivity contribution in [3.63, 3.8) is 0 Å². The van der Waals surface area contributed by atoms with Crippen LogP contribution in [0, 0.1) is 0 Å². The fraction of sp³-hybridized carbons (Fsp3) is 0.450. The van der Waals surface area contributed by atoms with Gasteiger partial charge in [-0.15, -0.1) is 0 Å². The molecule has 2 aromatic rings. The molecule has 0 saturated carbocycles. The van der Waals surface area contributed by atoms with Crippen LogP contribution < -0.4 is 10.6 Å². The van der Waals surface area contributed by atoms with E-state index in [1.54, 1.807) is 23.2 Å². The van der Waals surface area contributed by atoms with E-state index in [0.29, 0.717) is 31.5 Å². The monoisotopic (exact) mass is 383 g/mol. The molecule has 28 heavy (non-hydrogen) atoms. The zero-order valence-corrected chi connectivity index (χ0v) is 16.1. The van der Waals surface area contributed by atoms with Gasteiger partial charge in [-0.2, -0.15) is 5.10 Å². The molecule has 1 fully saturated rings. The molecule has 2 aliphatic heterocycles. The van der Waals surface area contributed by atoms with Gasteiger partial charge in [-0.1, -0.05) is 0 Å². The first kappa shape index (κ1) is 18.5. The SMILES string of the molecule is CC(C)N1c2c(cc(C(N)=O)cc2-c2ccn[nH]2)CC1C(=O)N1CC[C@@H](O)C1. The lowest BCUT2D eigenvalue weighted by molar-refractivity contribution is -0.131. The number of anilines is 1. The molecule has 0 bridgehead atoms. The summed E-state index contributed by atoms with van der Waals surface area (Å²) in [5.74, 6) is -0.491. The van der Waals surface area contributed by atoms with Crippen LogP contribution in [0.15, 0.2) is 24.4 Å². The Labute approximate surface area is 163 Å². The molecular formula is C20H25N5O3. The van der Waals surface area contributed by atoms with E-state index >= 15 is 0 Å². The van der Waals surface area contributed by atoms with Crippen LogP contribution in [0.1, 0.15) is 36.2 Å². The zero-order valence-electron chi connectivity index (χ0n) is 16.1. The minimum Gasteiger partial charge on any atom is -0.391 e. The van der Waals surface area contributed by atoms with Crippen molar-refractivity contribution in [2.75, 3.05) is 18.0 Å². The van der Waals surface area contributed by atoms with Gasteiger partial charge in [0.25, 0.3) is 0 Å². The normalized spacial score (nSPS) is 21.4. The van der Waals surface area contributed by atoms with Gasteiger partial charge in [0.15, 0.2) is 0 Å². The number of amides is 2. The summed E-state index contributed by atoms with van der Waals surface area (Å²) in [5, 5.41) is 16.8. The van der Waals surface area contributed by atoms with Crippen molar-refractivity contribution in [2.24, 2.45) is 5.73 Å². The molecule has 1 aromatic heterocycles. The number of rotatable bonds is 4. The molecule has 4 rings (SSSR count). The fourth-order valence-corrected chi connectivity index (χ4v) is 4.35.